The molecular weight excluding hydrogens is 252 g/mol. The van der Waals surface area contributed by atoms with E-state index in [4.69, 9.17) is 5.73 Å². The number of hydrogen-bond donors (Lipinski definition) is 2. The lowest BCUT2D eigenvalue weighted by molar-refractivity contribution is 0.0920. The van der Waals surface area contributed by atoms with Crippen LogP contribution in [0.25, 0.3) is 0 Å². The van der Waals surface area contributed by atoms with Crippen LogP contribution in [0.3, 0.4) is 0 Å². The zero-order chi connectivity index (χ0) is 15.3. The van der Waals surface area contributed by atoms with Gasteiger partial charge in [0.05, 0.1) is 5.69 Å². The summed E-state index contributed by atoms with van der Waals surface area (Å²) in [5.41, 5.74) is 7.10. The number of nitrogens with two attached hydrogens (primary N) is 1. The van der Waals surface area contributed by atoms with Crippen molar-refractivity contribution in [3.63, 3.8) is 0 Å². The molecule has 0 spiro atoms. The lowest BCUT2D eigenvalue weighted by Crippen LogP contribution is -2.40. The Morgan fingerprint density at radius 3 is 2.65 bits per heavy atom. The molecule has 0 atom stereocenters. The molecule has 1 aromatic rings. The van der Waals surface area contributed by atoms with Gasteiger partial charge >= 0.3 is 0 Å². The second kappa shape index (κ2) is 6.79. The van der Waals surface area contributed by atoms with Crippen LogP contribution in [0, 0.1) is 5.41 Å². The first-order valence-electron chi connectivity index (χ1n) is 7.14. The van der Waals surface area contributed by atoms with E-state index in [1.54, 1.807) is 6.07 Å². The third-order valence-corrected chi connectivity index (χ3v) is 3.09. The van der Waals surface area contributed by atoms with Gasteiger partial charge < -0.3 is 20.5 Å². The Morgan fingerprint density at radius 2 is 2.10 bits per heavy atom. The minimum absolute atomic E-state index is 0.0346. The van der Waals surface area contributed by atoms with Crippen LogP contribution in [-0.4, -0.2) is 42.6 Å². The van der Waals surface area contributed by atoms with Crippen molar-refractivity contribution in [2.75, 3.05) is 32.9 Å². The normalized spacial score (nSPS) is 11.9. The van der Waals surface area contributed by atoms with Gasteiger partial charge in [-0.25, -0.2) is 0 Å². The van der Waals surface area contributed by atoms with E-state index in [0.717, 1.165) is 19.5 Å². The maximum Gasteiger partial charge on any atom is 0.268 e. The van der Waals surface area contributed by atoms with Gasteiger partial charge in [0, 0.05) is 25.8 Å². The van der Waals surface area contributed by atoms with Crippen molar-refractivity contribution in [1.29, 1.82) is 0 Å². The fraction of sp³-hybridized carbons (Fsp3) is 0.667. The molecule has 0 bridgehead atoms. The number of hydrogen-bond acceptors (Lipinski definition) is 3. The van der Waals surface area contributed by atoms with Crippen LogP contribution in [0.4, 0.5) is 5.69 Å². The molecule has 0 aliphatic heterocycles. The molecule has 20 heavy (non-hydrogen) atoms. The molecule has 5 nitrogen and oxygen atoms in total. The fourth-order valence-corrected chi connectivity index (χ4v) is 2.47. The average molecular weight is 280 g/mol. The molecule has 114 valence electrons. The number of carbonyl (C=O) groups is 1. The second-order valence-corrected chi connectivity index (χ2v) is 6.44. The van der Waals surface area contributed by atoms with Gasteiger partial charge in [-0.3, -0.25) is 4.79 Å². The Bertz CT molecular complexity index is 449. The minimum Gasteiger partial charge on any atom is -0.397 e. The van der Waals surface area contributed by atoms with E-state index in [-0.39, 0.29) is 11.3 Å². The van der Waals surface area contributed by atoms with Crippen molar-refractivity contribution >= 4 is 11.6 Å². The molecule has 0 unspecified atom stereocenters. The van der Waals surface area contributed by atoms with Crippen molar-refractivity contribution in [2.45, 2.75) is 33.7 Å². The molecule has 1 aromatic heterocycles. The molecule has 1 amide bonds. The minimum atomic E-state index is -0.0537. The predicted molar refractivity (Wildman–Crippen MR) is 83.8 cm³/mol. The van der Waals surface area contributed by atoms with E-state index in [1.165, 1.54) is 0 Å². The Kier molecular flexibility index (Phi) is 5.62. The van der Waals surface area contributed by atoms with E-state index in [1.807, 2.05) is 24.9 Å². The van der Waals surface area contributed by atoms with Crippen LogP contribution in [0.1, 0.15) is 37.7 Å². The number of nitrogens with zero attached hydrogens (tertiary/aromatic N) is 2. The van der Waals surface area contributed by atoms with E-state index in [2.05, 4.69) is 31.0 Å². The maximum atomic E-state index is 12.3. The first-order chi connectivity index (χ1) is 9.25. The van der Waals surface area contributed by atoms with Gasteiger partial charge in [-0.05, 0) is 32.0 Å². The van der Waals surface area contributed by atoms with Crippen LogP contribution < -0.4 is 11.1 Å². The molecule has 0 radical (unpaired) electrons. The van der Waals surface area contributed by atoms with Crippen molar-refractivity contribution in [2.24, 2.45) is 5.41 Å². The highest BCUT2D eigenvalue weighted by atomic mass is 16.1. The Hall–Kier alpha value is -1.49. The highest BCUT2D eigenvalue weighted by Crippen LogP contribution is 2.16. The molecule has 0 aromatic carbocycles. The maximum absolute atomic E-state index is 12.3. The van der Waals surface area contributed by atoms with Crippen molar-refractivity contribution in [3.05, 3.63) is 18.0 Å². The Labute approximate surface area is 122 Å². The van der Waals surface area contributed by atoms with Crippen LogP contribution >= 0.6 is 0 Å². The Balaban J connectivity index is 2.67. The monoisotopic (exact) mass is 280 g/mol. The SMILES string of the molecule is CCCn1cc(N)cc1C(=O)NCC(C)(C)CN(C)C. The topological polar surface area (TPSA) is 63.3 Å². The number of aromatic nitrogens is 1. The number of carbonyl (C=O) groups excluding carboxylic acids is 1. The van der Waals surface area contributed by atoms with Crippen LogP contribution in [0.5, 0.6) is 0 Å². The number of nitrogen functional groups attached to an aromatic ring is 1. The lowest BCUT2D eigenvalue weighted by atomic mass is 9.93. The molecule has 3 N–H and O–H groups in total. The summed E-state index contributed by atoms with van der Waals surface area (Å²) in [7, 11) is 4.08. The zero-order valence-electron chi connectivity index (χ0n) is 13.4. The largest absolute Gasteiger partial charge is 0.397 e. The molecule has 1 rings (SSSR count). The van der Waals surface area contributed by atoms with Gasteiger partial charge in [0.25, 0.3) is 5.91 Å². The van der Waals surface area contributed by atoms with Crippen LogP contribution in [0.2, 0.25) is 0 Å². The molecule has 0 fully saturated rings. The number of nitrogens with one attached hydrogen (secondary N) is 1. The Morgan fingerprint density at radius 1 is 1.45 bits per heavy atom. The number of anilines is 1. The molecule has 0 saturated heterocycles. The first kappa shape index (κ1) is 16.6. The summed E-state index contributed by atoms with van der Waals surface area (Å²) in [5, 5.41) is 3.01. The van der Waals surface area contributed by atoms with E-state index < -0.39 is 0 Å². The standard InChI is InChI=1S/C15H28N4O/c1-6-7-19-9-12(16)8-13(19)14(20)17-10-15(2,3)11-18(4)5/h8-9H,6-7,10-11,16H2,1-5H3,(H,17,20). The van der Waals surface area contributed by atoms with Gasteiger partial charge in [0.1, 0.15) is 5.69 Å². The number of rotatable bonds is 7. The van der Waals surface area contributed by atoms with E-state index in [9.17, 15) is 4.79 Å². The smallest absolute Gasteiger partial charge is 0.268 e. The lowest BCUT2D eigenvalue weighted by Gasteiger charge is -2.28. The van der Waals surface area contributed by atoms with Gasteiger partial charge in [0.2, 0.25) is 0 Å². The molecule has 0 aliphatic carbocycles. The summed E-state index contributed by atoms with van der Waals surface area (Å²) in [6.07, 6.45) is 2.80. The van der Waals surface area contributed by atoms with Gasteiger partial charge in [-0.2, -0.15) is 0 Å². The third kappa shape index (κ3) is 4.89. The van der Waals surface area contributed by atoms with E-state index in [0.29, 0.717) is 17.9 Å². The van der Waals surface area contributed by atoms with E-state index >= 15 is 0 Å². The van der Waals surface area contributed by atoms with Gasteiger partial charge in [-0.1, -0.05) is 20.8 Å². The predicted octanol–water partition coefficient (Wildman–Crippen LogP) is 1.80. The summed E-state index contributed by atoms with van der Waals surface area (Å²) in [6, 6.07) is 1.74. The molecule has 5 heteroatoms. The highest BCUT2D eigenvalue weighted by molar-refractivity contribution is 5.93. The van der Waals surface area contributed by atoms with Crippen LogP contribution in [-0.2, 0) is 6.54 Å². The summed E-state index contributed by atoms with van der Waals surface area (Å²) < 4.78 is 1.92. The highest BCUT2D eigenvalue weighted by Gasteiger charge is 2.21. The second-order valence-electron chi connectivity index (χ2n) is 6.44. The third-order valence-electron chi connectivity index (χ3n) is 3.09. The molecule has 0 saturated carbocycles. The van der Waals surface area contributed by atoms with Gasteiger partial charge in [-0.15, -0.1) is 0 Å². The summed E-state index contributed by atoms with van der Waals surface area (Å²) in [6.45, 7) is 8.74. The number of aryl methyl sites for hydroxylation is 1. The average Bonchev–Trinajstić information content (AvgIpc) is 2.66. The van der Waals surface area contributed by atoms with Crippen molar-refractivity contribution < 1.29 is 4.79 Å². The number of amides is 1. The zero-order valence-corrected chi connectivity index (χ0v) is 13.4. The molecular formula is C15H28N4O. The first-order valence-corrected chi connectivity index (χ1v) is 7.14. The quantitative estimate of drug-likeness (QED) is 0.800. The van der Waals surface area contributed by atoms with Crippen LogP contribution in [0.15, 0.2) is 12.3 Å². The summed E-state index contributed by atoms with van der Waals surface area (Å²) in [5.74, 6) is -0.0537. The van der Waals surface area contributed by atoms with Gasteiger partial charge in [0.15, 0.2) is 0 Å². The fourth-order valence-electron chi connectivity index (χ4n) is 2.47. The molecule has 1 heterocycles. The summed E-state index contributed by atoms with van der Waals surface area (Å²) in [4.78, 5) is 14.4. The van der Waals surface area contributed by atoms with Crippen molar-refractivity contribution in [1.82, 2.24) is 14.8 Å². The summed E-state index contributed by atoms with van der Waals surface area (Å²) >= 11 is 0. The van der Waals surface area contributed by atoms with Crippen molar-refractivity contribution in [3.8, 4) is 0 Å². The molecule has 0 aliphatic rings.